The molecule has 2 rings (SSSR count). The third kappa shape index (κ3) is 3.41. The van der Waals surface area contributed by atoms with E-state index < -0.39 is 0 Å². The van der Waals surface area contributed by atoms with E-state index in [-0.39, 0.29) is 0 Å². The van der Waals surface area contributed by atoms with Crippen molar-refractivity contribution in [3.05, 3.63) is 62.0 Å². The minimum absolute atomic E-state index is 0.655. The normalized spacial score (nSPS) is 10.4. The molecule has 0 aromatic heterocycles. The Morgan fingerprint density at radius 1 is 1.11 bits per heavy atom. The van der Waals surface area contributed by atoms with Gasteiger partial charge in [0.25, 0.3) is 0 Å². The zero-order chi connectivity index (χ0) is 13.1. The zero-order valence-electron chi connectivity index (χ0n) is 9.81. The van der Waals surface area contributed by atoms with E-state index in [2.05, 4.69) is 34.2 Å². The van der Waals surface area contributed by atoms with Crippen LogP contribution in [0, 0.1) is 6.92 Å². The third-order valence-corrected chi connectivity index (χ3v) is 4.09. The summed E-state index contributed by atoms with van der Waals surface area (Å²) in [6.07, 6.45) is 0. The molecule has 2 aromatic rings. The highest BCUT2D eigenvalue weighted by Crippen LogP contribution is 2.27. The van der Waals surface area contributed by atoms with Crippen LogP contribution in [0.1, 0.15) is 11.1 Å². The molecule has 0 aliphatic heterocycles. The van der Waals surface area contributed by atoms with Crippen molar-refractivity contribution in [2.24, 2.45) is 0 Å². The number of aryl methyl sites for hydroxylation is 1. The van der Waals surface area contributed by atoms with E-state index in [1.165, 1.54) is 5.56 Å². The highest BCUT2D eigenvalue weighted by molar-refractivity contribution is 9.10. The fourth-order valence-corrected chi connectivity index (χ4v) is 2.67. The molecule has 0 aliphatic carbocycles. The van der Waals surface area contributed by atoms with Gasteiger partial charge in [-0.25, -0.2) is 0 Å². The van der Waals surface area contributed by atoms with Crippen LogP contribution in [0.5, 0.6) is 0 Å². The van der Waals surface area contributed by atoms with Crippen molar-refractivity contribution < 1.29 is 0 Å². The average Bonchev–Trinajstić information content (AvgIpc) is 2.30. The van der Waals surface area contributed by atoms with Crippen molar-refractivity contribution in [2.45, 2.75) is 13.5 Å². The lowest BCUT2D eigenvalue weighted by Gasteiger charge is -2.10. The van der Waals surface area contributed by atoms with Gasteiger partial charge in [-0.05, 0) is 58.2 Å². The second kappa shape index (κ2) is 5.96. The molecule has 1 N–H and O–H groups in total. The Labute approximate surface area is 125 Å². The van der Waals surface area contributed by atoms with Gasteiger partial charge in [0, 0.05) is 26.8 Å². The lowest BCUT2D eigenvalue weighted by molar-refractivity contribution is 1.14. The van der Waals surface area contributed by atoms with E-state index in [1.807, 2.05) is 24.3 Å². The molecular weight excluding hydrogens is 333 g/mol. The van der Waals surface area contributed by atoms with Gasteiger partial charge in [-0.1, -0.05) is 35.3 Å². The summed E-state index contributed by atoms with van der Waals surface area (Å²) in [5.41, 5.74) is 3.32. The Hall–Kier alpha value is -0.700. The van der Waals surface area contributed by atoms with Crippen LogP contribution in [-0.2, 0) is 6.54 Å². The molecule has 0 amide bonds. The highest BCUT2D eigenvalue weighted by atomic mass is 79.9. The van der Waals surface area contributed by atoms with Crippen LogP contribution >= 0.6 is 39.1 Å². The third-order valence-electron chi connectivity index (χ3n) is 2.60. The van der Waals surface area contributed by atoms with Gasteiger partial charge < -0.3 is 5.32 Å². The van der Waals surface area contributed by atoms with E-state index in [0.717, 1.165) is 15.7 Å². The Kier molecular flexibility index (Phi) is 4.55. The number of nitrogens with one attached hydrogen (secondary N) is 1. The van der Waals surface area contributed by atoms with Crippen molar-refractivity contribution in [3.8, 4) is 0 Å². The van der Waals surface area contributed by atoms with Gasteiger partial charge >= 0.3 is 0 Å². The van der Waals surface area contributed by atoms with Crippen LogP contribution in [0.2, 0.25) is 10.0 Å². The van der Waals surface area contributed by atoms with Gasteiger partial charge in [0.2, 0.25) is 0 Å². The molecule has 0 heterocycles. The van der Waals surface area contributed by atoms with Crippen molar-refractivity contribution in [3.63, 3.8) is 0 Å². The molecule has 4 heteroatoms. The number of anilines is 1. The summed E-state index contributed by atoms with van der Waals surface area (Å²) < 4.78 is 1.08. The second-order valence-corrected chi connectivity index (χ2v) is 5.73. The summed E-state index contributed by atoms with van der Waals surface area (Å²) in [6.45, 7) is 2.74. The van der Waals surface area contributed by atoms with Crippen LogP contribution in [0.15, 0.2) is 40.9 Å². The summed E-state index contributed by atoms with van der Waals surface area (Å²) >= 11 is 15.5. The fourth-order valence-electron chi connectivity index (χ4n) is 1.69. The minimum atomic E-state index is 0.655. The first-order chi connectivity index (χ1) is 8.56. The van der Waals surface area contributed by atoms with Crippen molar-refractivity contribution in [2.75, 3.05) is 5.32 Å². The first kappa shape index (κ1) is 13.7. The Balaban J connectivity index is 2.14. The van der Waals surface area contributed by atoms with Crippen LogP contribution in [-0.4, -0.2) is 0 Å². The molecule has 18 heavy (non-hydrogen) atoms. The maximum atomic E-state index is 5.97. The summed E-state index contributed by atoms with van der Waals surface area (Å²) in [4.78, 5) is 0. The Bertz CT molecular complexity index is 549. The lowest BCUT2D eigenvalue weighted by Crippen LogP contribution is -2.00. The Morgan fingerprint density at radius 3 is 2.44 bits per heavy atom. The number of hydrogen-bond acceptors (Lipinski definition) is 1. The largest absolute Gasteiger partial charge is 0.380 e. The minimum Gasteiger partial charge on any atom is -0.380 e. The van der Waals surface area contributed by atoms with E-state index >= 15 is 0 Å². The molecule has 0 saturated heterocycles. The molecule has 0 saturated carbocycles. The molecule has 0 aliphatic rings. The van der Waals surface area contributed by atoms with Crippen LogP contribution in [0.25, 0.3) is 0 Å². The maximum Gasteiger partial charge on any atom is 0.0490 e. The van der Waals surface area contributed by atoms with Gasteiger partial charge in [0.15, 0.2) is 0 Å². The number of hydrogen-bond donors (Lipinski definition) is 1. The number of rotatable bonds is 3. The quantitative estimate of drug-likeness (QED) is 0.755. The lowest BCUT2D eigenvalue weighted by atomic mass is 10.2. The molecule has 0 unspecified atom stereocenters. The molecule has 0 bridgehead atoms. The van der Waals surface area contributed by atoms with E-state index in [9.17, 15) is 0 Å². The fraction of sp³-hybridized carbons (Fsp3) is 0.143. The highest BCUT2D eigenvalue weighted by Gasteiger charge is 2.03. The SMILES string of the molecule is Cc1cccc(NCc2cc(Cl)cc(Cl)c2)c1Br. The van der Waals surface area contributed by atoms with Gasteiger partial charge in [-0.2, -0.15) is 0 Å². The van der Waals surface area contributed by atoms with Gasteiger partial charge in [0.1, 0.15) is 0 Å². The molecule has 0 atom stereocenters. The Morgan fingerprint density at radius 2 is 1.78 bits per heavy atom. The van der Waals surface area contributed by atoms with Crippen molar-refractivity contribution in [1.29, 1.82) is 0 Å². The average molecular weight is 345 g/mol. The van der Waals surface area contributed by atoms with E-state index in [0.29, 0.717) is 16.6 Å². The first-order valence-electron chi connectivity index (χ1n) is 5.50. The summed E-state index contributed by atoms with van der Waals surface area (Å²) in [5.74, 6) is 0. The molecule has 1 nitrogen and oxygen atoms in total. The second-order valence-electron chi connectivity index (χ2n) is 4.07. The van der Waals surface area contributed by atoms with Crippen LogP contribution in [0.4, 0.5) is 5.69 Å². The summed E-state index contributed by atoms with van der Waals surface area (Å²) in [7, 11) is 0. The summed E-state index contributed by atoms with van der Waals surface area (Å²) in [5, 5.41) is 4.67. The van der Waals surface area contributed by atoms with Gasteiger partial charge in [-0.3, -0.25) is 0 Å². The van der Waals surface area contributed by atoms with Crippen molar-refractivity contribution in [1.82, 2.24) is 0 Å². The zero-order valence-corrected chi connectivity index (χ0v) is 12.9. The van der Waals surface area contributed by atoms with E-state index in [4.69, 9.17) is 23.2 Å². The van der Waals surface area contributed by atoms with Gasteiger partial charge in [0.05, 0.1) is 0 Å². The molecule has 0 fully saturated rings. The van der Waals surface area contributed by atoms with Crippen molar-refractivity contribution >= 4 is 44.8 Å². The maximum absolute atomic E-state index is 5.97. The molecule has 94 valence electrons. The number of benzene rings is 2. The topological polar surface area (TPSA) is 12.0 Å². The molecule has 2 aromatic carbocycles. The molecule has 0 radical (unpaired) electrons. The van der Waals surface area contributed by atoms with Crippen LogP contribution in [0.3, 0.4) is 0 Å². The smallest absolute Gasteiger partial charge is 0.0490 e. The van der Waals surface area contributed by atoms with Crippen LogP contribution < -0.4 is 5.32 Å². The molecular formula is C14H12BrCl2N. The van der Waals surface area contributed by atoms with E-state index in [1.54, 1.807) is 6.07 Å². The predicted octanol–water partition coefficient (Wildman–Crippen LogP) is 5.68. The summed E-state index contributed by atoms with van der Waals surface area (Å²) in [6, 6.07) is 11.7. The monoisotopic (exact) mass is 343 g/mol. The predicted molar refractivity (Wildman–Crippen MR) is 82.7 cm³/mol. The number of halogens is 3. The molecule has 0 spiro atoms. The first-order valence-corrected chi connectivity index (χ1v) is 7.05. The standard InChI is InChI=1S/C14H12BrCl2N/c1-9-3-2-4-13(14(9)15)18-8-10-5-11(16)7-12(17)6-10/h2-7,18H,8H2,1H3. The van der Waals surface area contributed by atoms with Gasteiger partial charge in [-0.15, -0.1) is 0 Å².